The number of hydrogen-bond acceptors (Lipinski definition) is 4. The van der Waals surface area contributed by atoms with Crippen molar-refractivity contribution in [1.82, 2.24) is 5.32 Å². The highest BCUT2D eigenvalue weighted by atomic mass is 19.1. The number of primary amides is 1. The lowest BCUT2D eigenvalue weighted by Gasteiger charge is -2.20. The minimum absolute atomic E-state index is 0.149. The van der Waals surface area contributed by atoms with Crippen LogP contribution in [0.2, 0.25) is 0 Å². The number of halogens is 1. The van der Waals surface area contributed by atoms with Gasteiger partial charge >= 0.3 is 0 Å². The van der Waals surface area contributed by atoms with Crippen molar-refractivity contribution in [3.05, 3.63) is 66.0 Å². The first-order chi connectivity index (χ1) is 12.5. The third-order valence-corrected chi connectivity index (χ3v) is 4.11. The maximum Gasteiger partial charge on any atom is 0.267 e. The number of rotatable bonds is 6. The summed E-state index contributed by atoms with van der Waals surface area (Å²) in [7, 11) is 0. The van der Waals surface area contributed by atoms with Crippen molar-refractivity contribution in [2.24, 2.45) is 10.8 Å². The number of nitrogens with zero attached hydrogens (tertiary/aromatic N) is 2. The number of nitrogens with two attached hydrogens (primary N) is 1. The van der Waals surface area contributed by atoms with Gasteiger partial charge in [0.2, 0.25) is 5.91 Å². The van der Waals surface area contributed by atoms with Crippen molar-refractivity contribution in [2.75, 3.05) is 11.6 Å². The maximum absolute atomic E-state index is 13.2. The van der Waals surface area contributed by atoms with E-state index in [9.17, 15) is 14.0 Å². The molecule has 26 heavy (non-hydrogen) atoms. The van der Waals surface area contributed by atoms with Gasteiger partial charge in [-0.05, 0) is 36.2 Å². The van der Waals surface area contributed by atoms with E-state index in [0.29, 0.717) is 18.7 Å². The third-order valence-electron chi connectivity index (χ3n) is 4.11. The second-order valence-electron chi connectivity index (χ2n) is 5.98. The van der Waals surface area contributed by atoms with Crippen LogP contribution in [-0.4, -0.2) is 30.1 Å². The Bertz CT molecular complexity index is 838. The van der Waals surface area contributed by atoms with Gasteiger partial charge in [0.15, 0.2) is 0 Å². The van der Waals surface area contributed by atoms with Gasteiger partial charge in [0, 0.05) is 13.0 Å². The number of hydrazone groups is 1. The van der Waals surface area contributed by atoms with Crippen LogP contribution in [0.15, 0.2) is 59.7 Å². The molecule has 0 spiro atoms. The molecule has 2 aromatic carbocycles. The van der Waals surface area contributed by atoms with E-state index in [1.807, 2.05) is 18.2 Å². The molecule has 134 valence electrons. The Hall–Kier alpha value is -3.22. The van der Waals surface area contributed by atoms with Crippen molar-refractivity contribution in [2.45, 2.75) is 18.9 Å². The van der Waals surface area contributed by atoms with Gasteiger partial charge in [-0.15, -0.1) is 0 Å². The molecule has 6 nitrogen and oxygen atoms in total. The highest BCUT2D eigenvalue weighted by Crippen LogP contribution is 2.24. The highest BCUT2D eigenvalue weighted by Gasteiger charge is 2.34. The van der Waals surface area contributed by atoms with Crippen LogP contribution in [0.3, 0.4) is 0 Å². The molecule has 2 amide bonds. The fourth-order valence-corrected chi connectivity index (χ4v) is 2.80. The molecule has 7 heteroatoms. The molecular formula is C19H19FN4O2. The third kappa shape index (κ3) is 4.05. The zero-order valence-corrected chi connectivity index (χ0v) is 14.1. The summed E-state index contributed by atoms with van der Waals surface area (Å²) in [6, 6.07) is 14.6. The quantitative estimate of drug-likeness (QED) is 0.826. The summed E-state index contributed by atoms with van der Waals surface area (Å²) in [5.74, 6) is -1.21. The molecule has 0 aromatic heterocycles. The summed E-state index contributed by atoms with van der Waals surface area (Å²) >= 11 is 0. The van der Waals surface area contributed by atoms with E-state index in [2.05, 4.69) is 10.4 Å². The van der Waals surface area contributed by atoms with Crippen LogP contribution in [0.1, 0.15) is 12.0 Å². The molecule has 0 bridgehead atoms. The number of amides is 2. The van der Waals surface area contributed by atoms with Crippen molar-refractivity contribution in [3.63, 3.8) is 0 Å². The molecular weight excluding hydrogens is 335 g/mol. The number of para-hydroxylation sites is 1. The molecule has 1 atom stereocenters. The van der Waals surface area contributed by atoms with Gasteiger partial charge in [0.1, 0.15) is 17.6 Å². The Kier molecular flexibility index (Phi) is 5.26. The molecule has 0 fully saturated rings. The van der Waals surface area contributed by atoms with Gasteiger partial charge in [0.05, 0.1) is 5.69 Å². The number of carbonyl (C=O) groups excluding carboxylic acids is 2. The lowest BCUT2D eigenvalue weighted by atomic mass is 10.1. The number of carbonyl (C=O) groups is 2. The lowest BCUT2D eigenvalue weighted by molar-refractivity contribution is -0.119. The Morgan fingerprint density at radius 3 is 2.65 bits per heavy atom. The molecule has 0 radical (unpaired) electrons. The Balaban J connectivity index is 1.64. The van der Waals surface area contributed by atoms with Crippen LogP contribution in [0.5, 0.6) is 0 Å². The van der Waals surface area contributed by atoms with Gasteiger partial charge in [-0.2, -0.15) is 5.10 Å². The Morgan fingerprint density at radius 2 is 1.96 bits per heavy atom. The molecule has 0 saturated carbocycles. The molecule has 1 aliphatic heterocycles. The molecule has 1 unspecified atom stereocenters. The molecule has 3 N–H and O–H groups in total. The van der Waals surface area contributed by atoms with Gasteiger partial charge in [-0.1, -0.05) is 30.3 Å². The monoisotopic (exact) mass is 354 g/mol. The van der Waals surface area contributed by atoms with E-state index < -0.39 is 11.9 Å². The first-order valence-corrected chi connectivity index (χ1v) is 8.28. The second-order valence-corrected chi connectivity index (χ2v) is 5.98. The normalized spacial score (nSPS) is 16.3. The number of hydrogen-bond donors (Lipinski definition) is 2. The molecule has 0 aliphatic carbocycles. The Labute approximate surface area is 150 Å². The maximum atomic E-state index is 13.2. The minimum atomic E-state index is -0.693. The summed E-state index contributed by atoms with van der Waals surface area (Å²) in [5, 5.41) is 8.51. The SMILES string of the molecule is NC(=O)C1CC(C(=O)NCCc2cccc(F)c2)=NN1c1ccccc1. The van der Waals surface area contributed by atoms with Crippen molar-refractivity contribution in [3.8, 4) is 0 Å². The smallest absolute Gasteiger partial charge is 0.267 e. The minimum Gasteiger partial charge on any atom is -0.368 e. The van der Waals surface area contributed by atoms with E-state index in [-0.39, 0.29) is 23.9 Å². The summed E-state index contributed by atoms with van der Waals surface area (Å²) in [6.07, 6.45) is 0.647. The van der Waals surface area contributed by atoms with Crippen molar-refractivity contribution in [1.29, 1.82) is 0 Å². The predicted molar refractivity (Wildman–Crippen MR) is 97.1 cm³/mol. The van der Waals surface area contributed by atoms with Crippen molar-refractivity contribution < 1.29 is 14.0 Å². The van der Waals surface area contributed by atoms with Gasteiger partial charge < -0.3 is 11.1 Å². The van der Waals surface area contributed by atoms with Crippen LogP contribution in [0.25, 0.3) is 0 Å². The van der Waals surface area contributed by atoms with Crippen molar-refractivity contribution >= 4 is 23.2 Å². The number of anilines is 1. The standard InChI is InChI=1S/C19H19FN4O2/c20-14-6-4-5-13(11-14)9-10-22-19(26)16-12-17(18(21)25)24(23-16)15-7-2-1-3-8-15/h1-8,11,17H,9-10,12H2,(H2,21,25)(H,22,26). The van der Waals surface area contributed by atoms with E-state index in [4.69, 9.17) is 5.73 Å². The molecule has 2 aromatic rings. The van der Waals surface area contributed by atoms with Crippen LogP contribution in [0, 0.1) is 5.82 Å². The van der Waals surface area contributed by atoms with E-state index in [0.717, 1.165) is 5.56 Å². The molecule has 3 rings (SSSR count). The topological polar surface area (TPSA) is 87.8 Å². The fourth-order valence-electron chi connectivity index (χ4n) is 2.80. The zero-order chi connectivity index (χ0) is 18.5. The van der Waals surface area contributed by atoms with Crippen LogP contribution in [-0.2, 0) is 16.0 Å². The number of benzene rings is 2. The van der Waals surface area contributed by atoms with Gasteiger partial charge in [-0.3, -0.25) is 14.6 Å². The lowest BCUT2D eigenvalue weighted by Crippen LogP contribution is -2.40. The molecule has 0 saturated heterocycles. The molecule has 1 heterocycles. The summed E-state index contributed by atoms with van der Waals surface area (Å²) in [6.45, 7) is 0.341. The highest BCUT2D eigenvalue weighted by molar-refractivity contribution is 6.40. The first kappa shape index (κ1) is 17.6. The van der Waals surface area contributed by atoms with Crippen LogP contribution in [0.4, 0.5) is 10.1 Å². The van der Waals surface area contributed by atoms with Crippen LogP contribution < -0.4 is 16.1 Å². The predicted octanol–water partition coefficient (Wildman–Crippen LogP) is 1.60. The van der Waals surface area contributed by atoms with E-state index in [1.54, 1.807) is 24.3 Å². The summed E-state index contributed by atoms with van der Waals surface area (Å²) in [4.78, 5) is 24.1. The number of nitrogens with one attached hydrogen (secondary N) is 1. The first-order valence-electron chi connectivity index (χ1n) is 8.28. The second kappa shape index (κ2) is 7.77. The zero-order valence-electron chi connectivity index (χ0n) is 14.1. The van der Waals surface area contributed by atoms with Gasteiger partial charge in [0.25, 0.3) is 5.91 Å². The summed E-state index contributed by atoms with van der Waals surface area (Å²) < 4.78 is 13.2. The molecule has 1 aliphatic rings. The summed E-state index contributed by atoms with van der Waals surface area (Å²) in [5.41, 5.74) is 7.19. The Morgan fingerprint density at radius 1 is 1.19 bits per heavy atom. The van der Waals surface area contributed by atoms with Crippen LogP contribution >= 0.6 is 0 Å². The average Bonchev–Trinajstić information content (AvgIpc) is 3.08. The fraction of sp³-hybridized carbons (Fsp3) is 0.211. The van der Waals surface area contributed by atoms with E-state index >= 15 is 0 Å². The largest absolute Gasteiger partial charge is 0.368 e. The van der Waals surface area contributed by atoms with E-state index in [1.165, 1.54) is 17.1 Å². The van der Waals surface area contributed by atoms with Gasteiger partial charge in [-0.25, -0.2) is 4.39 Å². The average molecular weight is 354 g/mol.